The zero-order valence-corrected chi connectivity index (χ0v) is 10.2. The van der Waals surface area contributed by atoms with Crippen molar-refractivity contribution in [2.45, 2.75) is 6.92 Å². The molecule has 5 nitrogen and oxygen atoms in total. The summed E-state index contributed by atoms with van der Waals surface area (Å²) in [5.74, 6) is -0.416. The zero-order valence-electron chi connectivity index (χ0n) is 10.2. The lowest BCUT2D eigenvalue weighted by atomic mass is 10.2. The number of hydrogen-bond donors (Lipinski definition) is 2. The van der Waals surface area contributed by atoms with Crippen LogP contribution in [0.2, 0.25) is 0 Å². The molecule has 0 bridgehead atoms. The van der Waals surface area contributed by atoms with Gasteiger partial charge in [0.2, 0.25) is 5.88 Å². The van der Waals surface area contributed by atoms with Crippen LogP contribution in [0.25, 0.3) is 0 Å². The fraction of sp³-hybridized carbons (Fsp3) is 0.0769. The molecule has 4 N–H and O–H groups in total. The minimum absolute atomic E-state index is 0.129. The molecule has 0 radical (unpaired) electrons. The Kier molecular flexibility index (Phi) is 3.33. The highest BCUT2D eigenvalue weighted by Gasteiger charge is 2.10. The first-order valence-electron chi connectivity index (χ1n) is 5.46. The maximum Gasteiger partial charge on any atom is 0.251 e. The quantitative estimate of drug-likeness (QED) is 0.884. The summed E-state index contributed by atoms with van der Waals surface area (Å²) < 4.78 is 18.4. The second-order valence-electron chi connectivity index (χ2n) is 3.99. The van der Waals surface area contributed by atoms with Crippen molar-refractivity contribution in [3.05, 3.63) is 47.4 Å². The lowest BCUT2D eigenvalue weighted by Gasteiger charge is -2.09. The van der Waals surface area contributed by atoms with E-state index in [2.05, 4.69) is 4.98 Å². The molecule has 0 aliphatic heterocycles. The zero-order chi connectivity index (χ0) is 14.0. The molecule has 1 heterocycles. The highest BCUT2D eigenvalue weighted by molar-refractivity contribution is 5.98. The average Bonchev–Trinajstić information content (AvgIpc) is 2.34. The molecule has 0 atom stereocenters. The minimum Gasteiger partial charge on any atom is -0.439 e. The number of ether oxygens (including phenoxy) is 1. The topological polar surface area (TPSA) is 91.2 Å². The van der Waals surface area contributed by atoms with E-state index in [0.29, 0.717) is 11.3 Å². The molecule has 0 unspecified atom stereocenters. The van der Waals surface area contributed by atoms with Gasteiger partial charge in [0.05, 0.1) is 17.4 Å². The van der Waals surface area contributed by atoms with Gasteiger partial charge in [-0.2, -0.15) is 0 Å². The number of nitrogens with two attached hydrogens (primary N) is 2. The smallest absolute Gasteiger partial charge is 0.251 e. The molecule has 2 rings (SSSR count). The first-order chi connectivity index (χ1) is 8.97. The normalized spacial score (nSPS) is 10.2. The third-order valence-electron chi connectivity index (χ3n) is 2.53. The fourth-order valence-corrected chi connectivity index (χ4v) is 1.56. The number of primary amides is 1. The average molecular weight is 261 g/mol. The summed E-state index contributed by atoms with van der Waals surface area (Å²) >= 11 is 0. The molecule has 6 heteroatoms. The number of anilines is 1. The predicted molar refractivity (Wildman–Crippen MR) is 68.4 cm³/mol. The number of pyridine rings is 1. The molecule has 0 saturated carbocycles. The monoisotopic (exact) mass is 261 g/mol. The number of amides is 1. The molecule has 1 aromatic carbocycles. The SMILES string of the molecule is Cc1cc(F)ccc1Oc1cc(C(N)=O)c(N)cn1. The molecule has 1 aromatic heterocycles. The fourth-order valence-electron chi connectivity index (χ4n) is 1.56. The summed E-state index contributed by atoms with van der Waals surface area (Å²) in [6.45, 7) is 1.70. The summed E-state index contributed by atoms with van der Waals surface area (Å²) in [6.07, 6.45) is 1.29. The number of nitrogens with zero attached hydrogens (tertiary/aromatic N) is 1. The molecule has 1 amide bonds. The Labute approximate surface area is 109 Å². The van der Waals surface area contributed by atoms with Crippen molar-refractivity contribution >= 4 is 11.6 Å². The molecular formula is C13H12FN3O2. The Bertz CT molecular complexity index is 644. The van der Waals surface area contributed by atoms with Gasteiger partial charge in [-0.3, -0.25) is 4.79 Å². The minimum atomic E-state index is -0.666. The summed E-state index contributed by atoms with van der Waals surface area (Å²) in [7, 11) is 0. The number of hydrogen-bond acceptors (Lipinski definition) is 4. The molecule has 2 aromatic rings. The van der Waals surface area contributed by atoms with E-state index in [0.717, 1.165) is 0 Å². The number of carbonyl (C=O) groups is 1. The Morgan fingerprint density at radius 2 is 2.11 bits per heavy atom. The number of rotatable bonds is 3. The van der Waals surface area contributed by atoms with E-state index >= 15 is 0 Å². The number of aromatic nitrogens is 1. The van der Waals surface area contributed by atoms with Crippen LogP contribution in [0, 0.1) is 12.7 Å². The van der Waals surface area contributed by atoms with Crippen LogP contribution >= 0.6 is 0 Å². The number of benzene rings is 1. The molecule has 98 valence electrons. The van der Waals surface area contributed by atoms with Gasteiger partial charge in [0.1, 0.15) is 11.6 Å². The van der Waals surface area contributed by atoms with Crippen molar-refractivity contribution in [2.24, 2.45) is 5.73 Å². The molecule has 0 spiro atoms. The van der Waals surface area contributed by atoms with Gasteiger partial charge in [-0.1, -0.05) is 0 Å². The van der Waals surface area contributed by atoms with E-state index in [-0.39, 0.29) is 22.9 Å². The Hall–Kier alpha value is -2.63. The predicted octanol–water partition coefficient (Wildman–Crippen LogP) is 2.00. The van der Waals surface area contributed by atoms with Crippen LogP contribution in [0.15, 0.2) is 30.5 Å². The summed E-state index contributed by atoms with van der Waals surface area (Å²) in [5.41, 5.74) is 11.7. The van der Waals surface area contributed by atoms with Crippen LogP contribution in [0.3, 0.4) is 0 Å². The highest BCUT2D eigenvalue weighted by Crippen LogP contribution is 2.25. The summed E-state index contributed by atoms with van der Waals surface area (Å²) in [5, 5.41) is 0. The third-order valence-corrected chi connectivity index (χ3v) is 2.53. The molecule has 19 heavy (non-hydrogen) atoms. The second-order valence-corrected chi connectivity index (χ2v) is 3.99. The van der Waals surface area contributed by atoms with E-state index in [1.165, 1.54) is 30.5 Å². The van der Waals surface area contributed by atoms with Crippen LogP contribution in [-0.2, 0) is 0 Å². The molecule has 0 aliphatic carbocycles. The first kappa shape index (κ1) is 12.8. The van der Waals surface area contributed by atoms with Crippen molar-refractivity contribution in [1.82, 2.24) is 4.98 Å². The Balaban J connectivity index is 2.33. The van der Waals surface area contributed by atoms with Gasteiger partial charge in [-0.05, 0) is 30.7 Å². The Morgan fingerprint density at radius 1 is 1.37 bits per heavy atom. The maximum absolute atomic E-state index is 13.0. The van der Waals surface area contributed by atoms with Crippen molar-refractivity contribution in [1.29, 1.82) is 0 Å². The van der Waals surface area contributed by atoms with Crippen molar-refractivity contribution in [3.8, 4) is 11.6 Å². The third kappa shape index (κ3) is 2.79. The molecular weight excluding hydrogens is 249 g/mol. The van der Waals surface area contributed by atoms with Gasteiger partial charge in [0.15, 0.2) is 0 Å². The lowest BCUT2D eigenvalue weighted by Crippen LogP contribution is -2.13. The summed E-state index contributed by atoms with van der Waals surface area (Å²) in [4.78, 5) is 15.1. The van der Waals surface area contributed by atoms with Crippen LogP contribution < -0.4 is 16.2 Å². The van der Waals surface area contributed by atoms with E-state index in [1.54, 1.807) is 6.92 Å². The van der Waals surface area contributed by atoms with E-state index in [1.807, 2.05) is 0 Å². The van der Waals surface area contributed by atoms with Gasteiger partial charge in [0, 0.05) is 6.07 Å². The van der Waals surface area contributed by atoms with Crippen LogP contribution in [0.1, 0.15) is 15.9 Å². The largest absolute Gasteiger partial charge is 0.439 e. The molecule has 0 fully saturated rings. The Morgan fingerprint density at radius 3 is 2.74 bits per heavy atom. The number of nitrogen functional groups attached to an aromatic ring is 1. The number of carbonyl (C=O) groups excluding carboxylic acids is 1. The van der Waals surface area contributed by atoms with Gasteiger partial charge >= 0.3 is 0 Å². The highest BCUT2D eigenvalue weighted by atomic mass is 19.1. The van der Waals surface area contributed by atoms with Crippen LogP contribution in [-0.4, -0.2) is 10.9 Å². The van der Waals surface area contributed by atoms with E-state index < -0.39 is 5.91 Å². The molecule has 0 saturated heterocycles. The van der Waals surface area contributed by atoms with Crippen LogP contribution in [0.5, 0.6) is 11.6 Å². The van der Waals surface area contributed by atoms with Crippen molar-refractivity contribution in [3.63, 3.8) is 0 Å². The van der Waals surface area contributed by atoms with E-state index in [4.69, 9.17) is 16.2 Å². The van der Waals surface area contributed by atoms with Gasteiger partial charge in [-0.25, -0.2) is 9.37 Å². The first-order valence-corrected chi connectivity index (χ1v) is 5.46. The standard InChI is InChI=1S/C13H12FN3O2/c1-7-4-8(14)2-3-11(7)19-12-5-9(13(16)18)10(15)6-17-12/h2-6H,15H2,1H3,(H2,16,18). The lowest BCUT2D eigenvalue weighted by molar-refractivity contribution is 0.100. The van der Waals surface area contributed by atoms with Crippen LogP contribution in [0.4, 0.5) is 10.1 Å². The number of halogens is 1. The van der Waals surface area contributed by atoms with Gasteiger partial charge in [-0.15, -0.1) is 0 Å². The van der Waals surface area contributed by atoms with Crippen molar-refractivity contribution < 1.29 is 13.9 Å². The number of aryl methyl sites for hydroxylation is 1. The molecule has 0 aliphatic rings. The second kappa shape index (κ2) is 4.93. The maximum atomic E-state index is 13.0. The van der Waals surface area contributed by atoms with E-state index in [9.17, 15) is 9.18 Å². The van der Waals surface area contributed by atoms with Gasteiger partial charge in [0.25, 0.3) is 5.91 Å². The van der Waals surface area contributed by atoms with Crippen molar-refractivity contribution in [2.75, 3.05) is 5.73 Å². The van der Waals surface area contributed by atoms with Gasteiger partial charge < -0.3 is 16.2 Å². The summed E-state index contributed by atoms with van der Waals surface area (Å²) in [6, 6.07) is 5.43.